The number of hydrogen-bond donors (Lipinski definition) is 2. The highest BCUT2D eigenvalue weighted by molar-refractivity contribution is 5.96. The molecule has 0 unspecified atom stereocenters. The van der Waals surface area contributed by atoms with Crippen LogP contribution in [0.15, 0.2) is 41.2 Å². The first-order valence-corrected chi connectivity index (χ1v) is 7.87. The Labute approximate surface area is 138 Å². The highest BCUT2D eigenvalue weighted by Gasteiger charge is 2.21. The van der Waals surface area contributed by atoms with Crippen molar-refractivity contribution in [2.24, 2.45) is 0 Å². The maximum Gasteiger partial charge on any atom is 0.271 e. The SMILES string of the molecule is O=C(NCCC(=O)N1CCCc2ccccc21)c1ccc(=O)[nH]n1. The molecule has 124 valence electrons. The van der Waals surface area contributed by atoms with Gasteiger partial charge in [0.1, 0.15) is 5.69 Å². The summed E-state index contributed by atoms with van der Waals surface area (Å²) < 4.78 is 0. The number of hydrogen-bond acceptors (Lipinski definition) is 4. The Morgan fingerprint density at radius 1 is 1.21 bits per heavy atom. The predicted molar refractivity (Wildman–Crippen MR) is 88.9 cm³/mol. The van der Waals surface area contributed by atoms with Gasteiger partial charge in [-0.05, 0) is 30.5 Å². The molecular weight excluding hydrogens is 308 g/mol. The second kappa shape index (κ2) is 7.08. The lowest BCUT2D eigenvalue weighted by atomic mass is 10.0. The van der Waals surface area contributed by atoms with Gasteiger partial charge >= 0.3 is 0 Å². The van der Waals surface area contributed by atoms with Crippen molar-refractivity contribution < 1.29 is 9.59 Å². The topological polar surface area (TPSA) is 95.2 Å². The number of anilines is 1. The van der Waals surface area contributed by atoms with Crippen molar-refractivity contribution >= 4 is 17.5 Å². The van der Waals surface area contributed by atoms with Crippen molar-refractivity contribution in [3.63, 3.8) is 0 Å². The molecule has 2 N–H and O–H groups in total. The Morgan fingerprint density at radius 3 is 2.83 bits per heavy atom. The first kappa shape index (κ1) is 15.9. The van der Waals surface area contributed by atoms with E-state index in [1.54, 1.807) is 4.90 Å². The van der Waals surface area contributed by atoms with Gasteiger partial charge in [0.25, 0.3) is 11.5 Å². The van der Waals surface area contributed by atoms with E-state index in [9.17, 15) is 14.4 Å². The summed E-state index contributed by atoms with van der Waals surface area (Å²) in [6, 6.07) is 10.5. The zero-order chi connectivity index (χ0) is 16.9. The number of fused-ring (bicyclic) bond motifs is 1. The quantitative estimate of drug-likeness (QED) is 0.871. The van der Waals surface area contributed by atoms with Crippen LogP contribution < -0.4 is 15.8 Å². The van der Waals surface area contributed by atoms with E-state index in [1.165, 1.54) is 17.7 Å². The monoisotopic (exact) mass is 326 g/mol. The van der Waals surface area contributed by atoms with Gasteiger partial charge in [0.05, 0.1) is 0 Å². The smallest absolute Gasteiger partial charge is 0.271 e. The average Bonchev–Trinajstić information content (AvgIpc) is 2.61. The number of aryl methyl sites for hydroxylation is 1. The van der Waals surface area contributed by atoms with Crippen LogP contribution in [0.4, 0.5) is 5.69 Å². The highest BCUT2D eigenvalue weighted by atomic mass is 16.2. The van der Waals surface area contributed by atoms with Crippen LogP contribution in [-0.2, 0) is 11.2 Å². The van der Waals surface area contributed by atoms with Gasteiger partial charge in [-0.25, -0.2) is 5.10 Å². The van der Waals surface area contributed by atoms with Crippen LogP contribution in [0.3, 0.4) is 0 Å². The van der Waals surface area contributed by atoms with Gasteiger partial charge in [-0.2, -0.15) is 5.10 Å². The standard InChI is InChI=1S/C17H18N4O3/c22-15-8-7-13(19-20-15)17(24)18-10-9-16(23)21-11-3-5-12-4-1-2-6-14(12)21/h1-2,4,6-8H,3,5,9-11H2,(H,18,24)(H,20,22). The van der Waals surface area contributed by atoms with Crippen molar-refractivity contribution in [1.29, 1.82) is 0 Å². The Balaban J connectivity index is 1.56. The van der Waals surface area contributed by atoms with E-state index in [-0.39, 0.29) is 30.1 Å². The lowest BCUT2D eigenvalue weighted by Gasteiger charge is -2.29. The Hall–Kier alpha value is -2.96. The molecule has 0 radical (unpaired) electrons. The number of nitrogens with one attached hydrogen (secondary N) is 2. The van der Waals surface area contributed by atoms with Crippen LogP contribution in [0.25, 0.3) is 0 Å². The normalized spacial score (nSPS) is 13.2. The maximum absolute atomic E-state index is 12.4. The minimum Gasteiger partial charge on any atom is -0.350 e. The molecule has 0 saturated heterocycles. The van der Waals surface area contributed by atoms with Crippen molar-refractivity contribution in [1.82, 2.24) is 15.5 Å². The third-order valence-corrected chi connectivity index (χ3v) is 3.95. The molecule has 0 spiro atoms. The van der Waals surface area contributed by atoms with E-state index in [4.69, 9.17) is 0 Å². The third-order valence-electron chi connectivity index (χ3n) is 3.95. The largest absolute Gasteiger partial charge is 0.350 e. The van der Waals surface area contributed by atoms with Crippen LogP contribution in [-0.4, -0.2) is 35.1 Å². The number of aromatic nitrogens is 2. The molecule has 1 aromatic carbocycles. The summed E-state index contributed by atoms with van der Waals surface area (Å²) in [5.41, 5.74) is 1.89. The zero-order valence-electron chi connectivity index (χ0n) is 13.1. The molecular formula is C17H18N4O3. The molecule has 24 heavy (non-hydrogen) atoms. The number of para-hydroxylation sites is 1. The molecule has 0 saturated carbocycles. The van der Waals surface area contributed by atoms with Crippen LogP contribution in [0.2, 0.25) is 0 Å². The summed E-state index contributed by atoms with van der Waals surface area (Å²) in [7, 11) is 0. The minimum absolute atomic E-state index is 0.0168. The summed E-state index contributed by atoms with van der Waals surface area (Å²) in [6.45, 7) is 0.919. The van der Waals surface area contributed by atoms with E-state index in [0.29, 0.717) is 6.54 Å². The van der Waals surface area contributed by atoms with Gasteiger partial charge < -0.3 is 10.2 Å². The molecule has 1 aromatic heterocycles. The predicted octanol–water partition coefficient (Wildman–Crippen LogP) is 0.869. The van der Waals surface area contributed by atoms with E-state index < -0.39 is 5.91 Å². The first-order valence-electron chi connectivity index (χ1n) is 7.87. The van der Waals surface area contributed by atoms with Gasteiger partial charge in [0, 0.05) is 31.3 Å². The van der Waals surface area contributed by atoms with Gasteiger partial charge in [-0.3, -0.25) is 14.4 Å². The van der Waals surface area contributed by atoms with Crippen molar-refractivity contribution in [3.8, 4) is 0 Å². The van der Waals surface area contributed by atoms with Crippen LogP contribution >= 0.6 is 0 Å². The minimum atomic E-state index is -0.418. The summed E-state index contributed by atoms with van der Waals surface area (Å²) in [5.74, 6) is -0.435. The second-order valence-electron chi connectivity index (χ2n) is 5.59. The number of rotatable bonds is 4. The second-order valence-corrected chi connectivity index (χ2v) is 5.59. The molecule has 7 nitrogen and oxygen atoms in total. The molecule has 1 aliphatic rings. The molecule has 0 fully saturated rings. The molecule has 1 aliphatic heterocycles. The van der Waals surface area contributed by atoms with Crippen LogP contribution in [0.1, 0.15) is 28.9 Å². The molecule has 2 aromatic rings. The molecule has 0 bridgehead atoms. The fourth-order valence-electron chi connectivity index (χ4n) is 2.77. The van der Waals surface area contributed by atoms with Crippen molar-refractivity contribution in [2.75, 3.05) is 18.0 Å². The summed E-state index contributed by atoms with van der Waals surface area (Å²) in [5, 5.41) is 8.49. The number of benzene rings is 1. The highest BCUT2D eigenvalue weighted by Crippen LogP contribution is 2.26. The third kappa shape index (κ3) is 3.51. The lowest BCUT2D eigenvalue weighted by molar-refractivity contribution is -0.118. The first-order chi connectivity index (χ1) is 11.6. The average molecular weight is 326 g/mol. The van der Waals surface area contributed by atoms with Crippen LogP contribution in [0.5, 0.6) is 0 Å². The van der Waals surface area contributed by atoms with Crippen molar-refractivity contribution in [2.45, 2.75) is 19.3 Å². The van der Waals surface area contributed by atoms with Crippen LogP contribution in [0, 0.1) is 0 Å². The maximum atomic E-state index is 12.4. The summed E-state index contributed by atoms with van der Waals surface area (Å²) in [6.07, 6.45) is 2.13. The van der Waals surface area contributed by atoms with E-state index in [0.717, 1.165) is 18.5 Å². The molecule has 0 atom stereocenters. The molecule has 0 aliphatic carbocycles. The van der Waals surface area contributed by atoms with Gasteiger partial charge in [-0.15, -0.1) is 0 Å². The Bertz CT molecular complexity index is 795. The lowest BCUT2D eigenvalue weighted by Crippen LogP contribution is -2.38. The molecule has 7 heteroatoms. The van der Waals surface area contributed by atoms with E-state index in [1.807, 2.05) is 24.3 Å². The van der Waals surface area contributed by atoms with Gasteiger partial charge in [-0.1, -0.05) is 18.2 Å². The van der Waals surface area contributed by atoms with Crippen molar-refractivity contribution in [3.05, 3.63) is 58.0 Å². The number of amides is 2. The number of carbonyl (C=O) groups is 2. The number of aromatic amines is 1. The van der Waals surface area contributed by atoms with E-state index >= 15 is 0 Å². The number of H-pyrrole nitrogens is 1. The van der Waals surface area contributed by atoms with Gasteiger partial charge in [0.15, 0.2) is 0 Å². The van der Waals surface area contributed by atoms with E-state index in [2.05, 4.69) is 15.5 Å². The summed E-state index contributed by atoms with van der Waals surface area (Å²) in [4.78, 5) is 37.0. The molecule has 3 rings (SSSR count). The Morgan fingerprint density at radius 2 is 2.04 bits per heavy atom. The fourth-order valence-corrected chi connectivity index (χ4v) is 2.77. The zero-order valence-corrected chi connectivity index (χ0v) is 13.1. The Kier molecular flexibility index (Phi) is 4.69. The van der Waals surface area contributed by atoms with Gasteiger partial charge in [0.2, 0.25) is 5.91 Å². The molecule has 2 heterocycles. The summed E-state index contributed by atoms with van der Waals surface area (Å²) >= 11 is 0. The number of carbonyl (C=O) groups excluding carboxylic acids is 2. The molecule has 2 amide bonds. The fraction of sp³-hybridized carbons (Fsp3) is 0.294. The number of nitrogens with zero attached hydrogens (tertiary/aromatic N) is 2.